The van der Waals surface area contributed by atoms with Gasteiger partial charge in [-0.3, -0.25) is 4.79 Å². The molecule has 0 aromatic heterocycles. The van der Waals surface area contributed by atoms with Gasteiger partial charge in [-0.05, 0) is 36.2 Å². The van der Waals surface area contributed by atoms with E-state index in [1.807, 2.05) is 48.5 Å². The van der Waals surface area contributed by atoms with Gasteiger partial charge in [0.25, 0.3) is 0 Å². The smallest absolute Gasteiger partial charge is 0.240 e. The Morgan fingerprint density at radius 3 is 1.92 bits per heavy atom. The molecule has 37 heavy (non-hydrogen) atoms. The summed E-state index contributed by atoms with van der Waals surface area (Å²) in [5.41, 5.74) is 4.59. The molecule has 0 aliphatic carbocycles. The lowest BCUT2D eigenvalue weighted by Gasteiger charge is -2.09. The van der Waals surface area contributed by atoms with E-state index < -0.39 is 0 Å². The number of nitrogens with one attached hydrogen (secondary N) is 1. The Bertz CT molecular complexity index is 883. The summed E-state index contributed by atoms with van der Waals surface area (Å²) in [5.74, 6) is 0.713. The van der Waals surface area contributed by atoms with Crippen LogP contribution in [0.3, 0.4) is 0 Å². The van der Waals surface area contributed by atoms with E-state index in [0.717, 1.165) is 34.2 Å². The normalized spacial score (nSPS) is 11.2. The monoisotopic (exact) mass is 570 g/mol. The highest BCUT2D eigenvalue weighted by Gasteiger charge is 2.03. The van der Waals surface area contributed by atoms with E-state index in [1.165, 1.54) is 83.5 Å². The third-order valence-electron chi connectivity index (χ3n) is 6.63. The molecule has 0 saturated carbocycles. The number of hydrogen-bond donors (Lipinski definition) is 1. The largest absolute Gasteiger partial charge is 0.488 e. The summed E-state index contributed by atoms with van der Waals surface area (Å²) < 4.78 is 7.01. The van der Waals surface area contributed by atoms with Crippen molar-refractivity contribution < 1.29 is 9.53 Å². The van der Waals surface area contributed by atoms with Gasteiger partial charge in [0.05, 0.1) is 6.21 Å². The van der Waals surface area contributed by atoms with Gasteiger partial charge in [-0.25, -0.2) is 5.43 Å². The number of benzene rings is 2. The third-order valence-corrected chi connectivity index (χ3v) is 7.16. The fraction of sp³-hybridized carbons (Fsp3) is 0.562. The van der Waals surface area contributed by atoms with Gasteiger partial charge < -0.3 is 4.74 Å². The van der Waals surface area contributed by atoms with Crippen LogP contribution in [0.4, 0.5) is 0 Å². The quantitative estimate of drug-likeness (QED) is 0.0921. The average Bonchev–Trinajstić information content (AvgIpc) is 2.91. The Morgan fingerprint density at radius 1 is 0.784 bits per heavy atom. The summed E-state index contributed by atoms with van der Waals surface area (Å²) in [4.78, 5) is 12.1. The molecular formula is C32H47BrN2O2. The minimum absolute atomic E-state index is 0.0285. The molecule has 1 N–H and O–H groups in total. The number of carbonyl (C=O) groups excluding carboxylic acids is 1. The van der Waals surface area contributed by atoms with Crippen LogP contribution in [0.15, 0.2) is 58.1 Å². The number of rotatable bonds is 21. The molecule has 2 aromatic carbocycles. The van der Waals surface area contributed by atoms with Crippen LogP contribution in [0, 0.1) is 0 Å². The fourth-order valence-corrected chi connectivity index (χ4v) is 4.61. The van der Waals surface area contributed by atoms with E-state index >= 15 is 0 Å². The molecule has 0 radical (unpaired) electrons. The molecule has 0 aliphatic rings. The molecule has 2 rings (SSSR count). The predicted molar refractivity (Wildman–Crippen MR) is 160 cm³/mol. The lowest BCUT2D eigenvalue weighted by atomic mass is 10.0. The number of amides is 1. The van der Waals surface area contributed by atoms with Gasteiger partial charge in [0.15, 0.2) is 0 Å². The highest BCUT2D eigenvalue weighted by Crippen LogP contribution is 2.19. The van der Waals surface area contributed by atoms with Gasteiger partial charge in [0, 0.05) is 16.5 Å². The van der Waals surface area contributed by atoms with Crippen LogP contribution in [0.25, 0.3) is 0 Å². The predicted octanol–water partition coefficient (Wildman–Crippen LogP) is 9.74. The van der Waals surface area contributed by atoms with Crippen LogP contribution in [0.5, 0.6) is 5.75 Å². The summed E-state index contributed by atoms with van der Waals surface area (Å²) >= 11 is 3.45. The second-order valence-electron chi connectivity index (χ2n) is 9.95. The Balaban J connectivity index is 1.48. The van der Waals surface area contributed by atoms with Crippen LogP contribution in [0.1, 0.15) is 121 Å². The summed E-state index contributed by atoms with van der Waals surface area (Å²) in [5, 5.41) is 4.15. The molecule has 2 aromatic rings. The molecule has 0 fully saturated rings. The first-order valence-electron chi connectivity index (χ1n) is 14.5. The van der Waals surface area contributed by atoms with Gasteiger partial charge in [0.1, 0.15) is 12.4 Å². The zero-order valence-corrected chi connectivity index (χ0v) is 24.4. The first-order chi connectivity index (χ1) is 18.2. The van der Waals surface area contributed by atoms with E-state index in [4.69, 9.17) is 4.74 Å². The first-order valence-corrected chi connectivity index (χ1v) is 15.3. The summed E-state index contributed by atoms with van der Waals surface area (Å²) in [6.45, 7) is 2.75. The van der Waals surface area contributed by atoms with E-state index in [0.29, 0.717) is 13.0 Å². The Morgan fingerprint density at radius 2 is 1.32 bits per heavy atom. The number of hydrazone groups is 1. The van der Waals surface area contributed by atoms with Crippen molar-refractivity contribution in [1.82, 2.24) is 5.43 Å². The second-order valence-corrected chi connectivity index (χ2v) is 10.9. The van der Waals surface area contributed by atoms with Crippen LogP contribution < -0.4 is 10.2 Å². The van der Waals surface area contributed by atoms with Crippen LogP contribution in [-0.2, 0) is 11.4 Å². The van der Waals surface area contributed by atoms with Gasteiger partial charge >= 0.3 is 0 Å². The molecule has 0 heterocycles. The topological polar surface area (TPSA) is 50.7 Å². The molecule has 0 unspecified atom stereocenters. The van der Waals surface area contributed by atoms with Crippen molar-refractivity contribution in [3.63, 3.8) is 0 Å². The number of carbonyl (C=O) groups is 1. The first kappa shape index (κ1) is 31.1. The molecule has 0 bridgehead atoms. The van der Waals surface area contributed by atoms with Gasteiger partial charge in [-0.2, -0.15) is 5.10 Å². The molecular weight excluding hydrogens is 524 g/mol. The fourth-order valence-electron chi connectivity index (χ4n) is 4.35. The third kappa shape index (κ3) is 15.7. The van der Waals surface area contributed by atoms with E-state index in [9.17, 15) is 4.79 Å². The lowest BCUT2D eigenvalue weighted by Crippen LogP contribution is -2.17. The van der Waals surface area contributed by atoms with Crippen LogP contribution >= 0.6 is 15.9 Å². The molecule has 204 valence electrons. The van der Waals surface area contributed by atoms with Gasteiger partial charge in [-0.15, -0.1) is 0 Å². The number of para-hydroxylation sites is 1. The minimum Gasteiger partial charge on any atom is -0.488 e. The van der Waals surface area contributed by atoms with Crippen molar-refractivity contribution in [2.24, 2.45) is 5.10 Å². The number of unbranched alkanes of at least 4 members (excludes halogenated alkanes) is 14. The molecule has 5 heteroatoms. The van der Waals surface area contributed by atoms with Crippen molar-refractivity contribution in [2.45, 2.75) is 116 Å². The molecule has 4 nitrogen and oxygen atoms in total. The Kier molecular flexibility index (Phi) is 17.5. The molecule has 1 amide bonds. The molecule has 0 aliphatic heterocycles. The lowest BCUT2D eigenvalue weighted by molar-refractivity contribution is -0.121. The highest BCUT2D eigenvalue weighted by molar-refractivity contribution is 9.10. The molecule has 0 spiro atoms. The zero-order valence-electron chi connectivity index (χ0n) is 22.9. The van der Waals surface area contributed by atoms with Crippen LogP contribution in [0.2, 0.25) is 0 Å². The zero-order chi connectivity index (χ0) is 26.4. The van der Waals surface area contributed by atoms with Crippen LogP contribution in [-0.4, -0.2) is 12.1 Å². The van der Waals surface area contributed by atoms with Gasteiger partial charge in [0.2, 0.25) is 5.91 Å². The second kappa shape index (κ2) is 20.9. The number of nitrogens with zero attached hydrogens (tertiary/aromatic N) is 1. The number of halogens is 1. The van der Waals surface area contributed by atoms with E-state index in [1.54, 1.807) is 6.21 Å². The standard InChI is InChI=1S/C32H47BrN2O2/c1-2-3-4-5-6-7-8-9-10-11-12-13-14-15-16-21-32(36)35-34-26-29-19-17-18-20-31(29)37-27-28-22-24-30(33)25-23-28/h17-20,22-26H,2-16,21,27H2,1H3,(H,35,36). The number of ether oxygens (including phenoxy) is 1. The van der Waals surface area contributed by atoms with Crippen molar-refractivity contribution in [3.8, 4) is 5.75 Å². The summed E-state index contributed by atoms with van der Waals surface area (Å²) in [7, 11) is 0. The van der Waals surface area contributed by atoms with Gasteiger partial charge in [-0.1, -0.05) is 137 Å². The van der Waals surface area contributed by atoms with E-state index in [-0.39, 0.29) is 5.91 Å². The maximum atomic E-state index is 12.1. The minimum atomic E-state index is -0.0285. The maximum Gasteiger partial charge on any atom is 0.240 e. The van der Waals surface area contributed by atoms with Crippen molar-refractivity contribution in [1.29, 1.82) is 0 Å². The molecule has 0 saturated heterocycles. The highest BCUT2D eigenvalue weighted by atomic mass is 79.9. The summed E-state index contributed by atoms with van der Waals surface area (Å²) in [6.07, 6.45) is 22.0. The Labute approximate surface area is 233 Å². The van der Waals surface area contributed by atoms with Crippen molar-refractivity contribution in [2.75, 3.05) is 0 Å². The SMILES string of the molecule is CCCCCCCCCCCCCCCCCC(=O)NN=Cc1ccccc1OCc1ccc(Br)cc1. The van der Waals surface area contributed by atoms with Crippen molar-refractivity contribution in [3.05, 3.63) is 64.1 Å². The summed E-state index contributed by atoms with van der Waals surface area (Å²) in [6, 6.07) is 15.8. The number of hydrogen-bond acceptors (Lipinski definition) is 3. The van der Waals surface area contributed by atoms with Crippen molar-refractivity contribution >= 4 is 28.1 Å². The Hall–Kier alpha value is -2.14. The average molecular weight is 572 g/mol. The maximum absolute atomic E-state index is 12.1. The molecule has 0 atom stereocenters. The van der Waals surface area contributed by atoms with E-state index in [2.05, 4.69) is 33.4 Å².